The number of rotatable bonds is 2. The normalized spacial score (nSPS) is 28.1. The molecule has 4 heteroatoms. The van der Waals surface area contributed by atoms with Crippen LogP contribution in [-0.2, 0) is 0 Å². The molecule has 2 bridgehead atoms. The molecule has 0 unspecified atom stereocenters. The highest BCUT2D eigenvalue weighted by Crippen LogP contribution is 2.51. The number of fused-ring (bicyclic) bond motifs is 2. The molecule has 2 atom stereocenters. The Morgan fingerprint density at radius 1 is 1.21 bits per heavy atom. The molecule has 0 radical (unpaired) electrons. The van der Waals surface area contributed by atoms with Crippen LogP contribution in [0.1, 0.15) is 50.5 Å². The Morgan fingerprint density at radius 3 is 2.71 bits per heavy atom. The zero-order valence-electron chi connectivity index (χ0n) is 14.6. The lowest BCUT2D eigenvalue weighted by Crippen LogP contribution is -2.47. The molecular weight excluding hydrogens is 316 g/mol. The third-order valence-corrected chi connectivity index (χ3v) is 6.40. The van der Waals surface area contributed by atoms with Crippen LogP contribution in [0.15, 0.2) is 35.7 Å². The maximum absolute atomic E-state index is 13.1. The number of nitrogens with zero attached hydrogens (tertiary/aromatic N) is 2. The molecule has 126 valence electrons. The molecule has 1 saturated carbocycles. The highest BCUT2D eigenvalue weighted by Gasteiger charge is 2.52. The molecule has 2 aliphatic rings. The molecule has 4 rings (SSSR count). The summed E-state index contributed by atoms with van der Waals surface area (Å²) in [4.78, 5) is 19.9. The van der Waals surface area contributed by atoms with Crippen molar-refractivity contribution in [3.8, 4) is 10.6 Å². The Labute approximate surface area is 147 Å². The highest BCUT2D eigenvalue weighted by molar-refractivity contribution is 7.13. The number of aromatic nitrogens is 1. The van der Waals surface area contributed by atoms with Crippen molar-refractivity contribution in [2.45, 2.75) is 45.6 Å². The van der Waals surface area contributed by atoms with Gasteiger partial charge in [0, 0.05) is 23.0 Å². The third-order valence-electron chi connectivity index (χ3n) is 5.51. The number of hydrogen-bond acceptors (Lipinski definition) is 3. The molecule has 0 N–H and O–H groups in total. The molecule has 1 aliphatic carbocycles. The van der Waals surface area contributed by atoms with E-state index in [0.717, 1.165) is 30.0 Å². The molecule has 3 nitrogen and oxygen atoms in total. The Balaban J connectivity index is 1.60. The number of amides is 1. The fourth-order valence-corrected chi connectivity index (χ4v) is 5.82. The van der Waals surface area contributed by atoms with Gasteiger partial charge in [0.2, 0.25) is 0 Å². The zero-order chi connectivity index (χ0) is 16.9. The maximum atomic E-state index is 13.1. The Morgan fingerprint density at radius 2 is 1.96 bits per heavy atom. The van der Waals surface area contributed by atoms with Crippen molar-refractivity contribution in [3.63, 3.8) is 0 Å². The second kappa shape index (κ2) is 5.41. The van der Waals surface area contributed by atoms with Crippen LogP contribution in [-0.4, -0.2) is 27.9 Å². The van der Waals surface area contributed by atoms with Gasteiger partial charge in [0.1, 0.15) is 10.7 Å². The van der Waals surface area contributed by atoms with Crippen molar-refractivity contribution in [1.82, 2.24) is 9.88 Å². The molecule has 1 aromatic heterocycles. The van der Waals surface area contributed by atoms with Crippen LogP contribution in [0.4, 0.5) is 0 Å². The number of carbonyl (C=O) groups is 1. The lowest BCUT2D eigenvalue weighted by Gasteiger charge is -2.43. The van der Waals surface area contributed by atoms with Gasteiger partial charge in [-0.2, -0.15) is 0 Å². The van der Waals surface area contributed by atoms with Gasteiger partial charge in [0.25, 0.3) is 5.91 Å². The molecule has 1 saturated heterocycles. The first-order valence-electron chi connectivity index (χ1n) is 8.69. The van der Waals surface area contributed by atoms with Gasteiger partial charge in [0.05, 0.1) is 0 Å². The standard InChI is InChI=1S/C20H24N2OS/c1-19(2)9-14-10-20(3,13-19)22(11-14)18(23)16-12-24-17(21-16)15-7-5-4-6-8-15/h4-8,12,14H,9-11,13H2,1-3H3/t14-,20+/m0/s1. The van der Waals surface area contributed by atoms with Gasteiger partial charge >= 0.3 is 0 Å². The van der Waals surface area contributed by atoms with E-state index in [1.807, 2.05) is 35.7 Å². The Bertz CT molecular complexity index is 767. The van der Waals surface area contributed by atoms with E-state index in [4.69, 9.17) is 0 Å². The van der Waals surface area contributed by atoms with Gasteiger partial charge in [-0.1, -0.05) is 44.2 Å². The highest BCUT2D eigenvalue weighted by atomic mass is 32.1. The van der Waals surface area contributed by atoms with Gasteiger partial charge in [-0.3, -0.25) is 4.79 Å². The average Bonchev–Trinajstić information content (AvgIpc) is 3.09. The van der Waals surface area contributed by atoms with E-state index in [2.05, 4.69) is 30.7 Å². The van der Waals surface area contributed by atoms with E-state index < -0.39 is 0 Å². The van der Waals surface area contributed by atoms with E-state index in [-0.39, 0.29) is 11.4 Å². The van der Waals surface area contributed by atoms with Crippen LogP contribution in [0.3, 0.4) is 0 Å². The van der Waals surface area contributed by atoms with E-state index in [9.17, 15) is 4.79 Å². The fraction of sp³-hybridized carbons (Fsp3) is 0.500. The van der Waals surface area contributed by atoms with Gasteiger partial charge in [0.15, 0.2) is 0 Å². The summed E-state index contributed by atoms with van der Waals surface area (Å²) in [6.45, 7) is 7.82. The van der Waals surface area contributed by atoms with Crippen LogP contribution in [0.5, 0.6) is 0 Å². The largest absolute Gasteiger partial charge is 0.332 e. The maximum Gasteiger partial charge on any atom is 0.273 e. The molecule has 0 spiro atoms. The van der Waals surface area contributed by atoms with E-state index in [1.54, 1.807) is 11.3 Å². The van der Waals surface area contributed by atoms with Crippen LogP contribution in [0, 0.1) is 11.3 Å². The number of thiazole rings is 1. The minimum Gasteiger partial charge on any atom is -0.332 e. The first-order valence-corrected chi connectivity index (χ1v) is 9.57. The molecular formula is C20H24N2OS. The summed E-state index contributed by atoms with van der Waals surface area (Å²) in [5, 5.41) is 2.84. The second-order valence-electron chi connectivity index (χ2n) is 8.43. The fourth-order valence-electron chi connectivity index (χ4n) is 5.02. The van der Waals surface area contributed by atoms with Crippen molar-refractivity contribution in [2.75, 3.05) is 6.54 Å². The Hall–Kier alpha value is -1.68. The minimum absolute atomic E-state index is 0.0139. The van der Waals surface area contributed by atoms with Crippen LogP contribution in [0.2, 0.25) is 0 Å². The SMILES string of the molecule is CC1(C)C[C@@H]2CN(C(=O)c3csc(-c4ccccc4)n3)[C@](C)(C2)C1. The Kier molecular flexibility index (Phi) is 3.57. The van der Waals surface area contributed by atoms with Crippen LogP contribution >= 0.6 is 11.3 Å². The topological polar surface area (TPSA) is 33.2 Å². The average molecular weight is 340 g/mol. The van der Waals surface area contributed by atoms with Crippen molar-refractivity contribution < 1.29 is 4.79 Å². The number of hydrogen-bond donors (Lipinski definition) is 0. The molecule has 2 fully saturated rings. The van der Waals surface area contributed by atoms with Gasteiger partial charge in [-0.15, -0.1) is 11.3 Å². The van der Waals surface area contributed by atoms with Crippen molar-refractivity contribution >= 4 is 17.2 Å². The number of benzene rings is 1. The molecule has 2 aromatic rings. The smallest absolute Gasteiger partial charge is 0.273 e. The number of likely N-dealkylation sites (tertiary alicyclic amines) is 1. The van der Waals surface area contributed by atoms with Crippen molar-refractivity contribution in [1.29, 1.82) is 0 Å². The first-order chi connectivity index (χ1) is 11.4. The predicted molar refractivity (Wildman–Crippen MR) is 98.1 cm³/mol. The summed E-state index contributed by atoms with van der Waals surface area (Å²) >= 11 is 1.56. The lowest BCUT2D eigenvalue weighted by atomic mass is 9.67. The molecule has 24 heavy (non-hydrogen) atoms. The zero-order valence-corrected chi connectivity index (χ0v) is 15.4. The van der Waals surface area contributed by atoms with Crippen LogP contribution < -0.4 is 0 Å². The van der Waals surface area contributed by atoms with Gasteiger partial charge in [-0.25, -0.2) is 4.98 Å². The summed E-state index contributed by atoms with van der Waals surface area (Å²) in [7, 11) is 0. The van der Waals surface area contributed by atoms with E-state index in [0.29, 0.717) is 17.0 Å². The summed E-state index contributed by atoms with van der Waals surface area (Å²) in [5.41, 5.74) is 1.99. The summed E-state index contributed by atoms with van der Waals surface area (Å²) in [5.74, 6) is 0.742. The van der Waals surface area contributed by atoms with Crippen molar-refractivity contribution in [2.24, 2.45) is 11.3 Å². The second-order valence-corrected chi connectivity index (χ2v) is 9.29. The van der Waals surface area contributed by atoms with Crippen molar-refractivity contribution in [3.05, 3.63) is 41.4 Å². The summed E-state index contributed by atoms with van der Waals surface area (Å²) < 4.78 is 0. The van der Waals surface area contributed by atoms with E-state index >= 15 is 0 Å². The van der Waals surface area contributed by atoms with Gasteiger partial charge in [-0.05, 0) is 37.5 Å². The predicted octanol–water partition coefficient (Wildman–Crippen LogP) is 4.85. The van der Waals surface area contributed by atoms with Crippen LogP contribution in [0.25, 0.3) is 10.6 Å². The molecule has 1 aromatic carbocycles. The quantitative estimate of drug-likeness (QED) is 0.783. The molecule has 1 aliphatic heterocycles. The molecule has 2 heterocycles. The molecule has 1 amide bonds. The summed E-state index contributed by atoms with van der Waals surface area (Å²) in [6.07, 6.45) is 3.44. The lowest BCUT2D eigenvalue weighted by molar-refractivity contribution is 0.0505. The van der Waals surface area contributed by atoms with E-state index in [1.165, 1.54) is 6.42 Å². The minimum atomic E-state index is -0.0139. The number of carbonyl (C=O) groups excluding carboxylic acids is 1. The first kappa shape index (κ1) is 15.8. The monoisotopic (exact) mass is 340 g/mol. The summed E-state index contributed by atoms with van der Waals surface area (Å²) in [6, 6.07) is 10.1. The van der Waals surface area contributed by atoms with Gasteiger partial charge < -0.3 is 4.90 Å². The third kappa shape index (κ3) is 2.67.